The molecule has 2 amide bonds. The van der Waals surface area contributed by atoms with Gasteiger partial charge in [-0.1, -0.05) is 19.1 Å². The molecule has 0 atom stereocenters. The first-order valence-electron chi connectivity index (χ1n) is 10.4. The molecule has 0 aromatic heterocycles. The summed E-state index contributed by atoms with van der Waals surface area (Å²) in [6.45, 7) is 7.90. The summed E-state index contributed by atoms with van der Waals surface area (Å²) in [6, 6.07) is 8.23. The Morgan fingerprint density at radius 2 is 1.69 bits per heavy atom. The molecule has 1 saturated heterocycles. The summed E-state index contributed by atoms with van der Waals surface area (Å²) in [5, 5.41) is 2.54. The van der Waals surface area contributed by atoms with Crippen LogP contribution < -0.4 is 11.1 Å². The first-order valence-corrected chi connectivity index (χ1v) is 10.4. The topological polar surface area (TPSA) is 78.7 Å². The van der Waals surface area contributed by atoms with Crippen molar-refractivity contribution >= 4 is 17.5 Å². The minimum absolute atomic E-state index is 0.113. The van der Waals surface area contributed by atoms with Crippen LogP contribution in [0.5, 0.6) is 0 Å². The van der Waals surface area contributed by atoms with Gasteiger partial charge in [0.05, 0.1) is 5.56 Å². The maximum atomic E-state index is 13.8. The second-order valence-corrected chi connectivity index (χ2v) is 7.93. The molecule has 1 fully saturated rings. The van der Waals surface area contributed by atoms with Gasteiger partial charge < -0.3 is 16.0 Å². The number of nitrogens with one attached hydrogen (secondary N) is 1. The van der Waals surface area contributed by atoms with E-state index in [0.29, 0.717) is 18.7 Å². The quantitative estimate of drug-likeness (QED) is 0.709. The molecule has 1 aliphatic heterocycles. The number of hydrogen-bond donors (Lipinski definition) is 2. The lowest BCUT2D eigenvalue weighted by Gasteiger charge is -2.34. The van der Waals surface area contributed by atoms with Crippen LogP contribution in [-0.4, -0.2) is 54.3 Å². The molecule has 9 heteroatoms. The molecule has 1 heterocycles. The Morgan fingerprint density at radius 1 is 1.03 bits per heavy atom. The van der Waals surface area contributed by atoms with Crippen molar-refractivity contribution in [1.29, 1.82) is 0 Å². The van der Waals surface area contributed by atoms with Crippen LogP contribution in [0.2, 0.25) is 0 Å². The van der Waals surface area contributed by atoms with Crippen molar-refractivity contribution in [3.05, 3.63) is 64.2 Å². The first-order chi connectivity index (χ1) is 15.1. The van der Waals surface area contributed by atoms with E-state index in [-0.39, 0.29) is 28.9 Å². The van der Waals surface area contributed by atoms with Crippen LogP contribution in [0.15, 0.2) is 36.4 Å². The van der Waals surface area contributed by atoms with Gasteiger partial charge in [0.25, 0.3) is 5.91 Å². The second kappa shape index (κ2) is 9.70. The molecular weight excluding hydrogens is 421 g/mol. The van der Waals surface area contributed by atoms with Crippen LogP contribution in [0.3, 0.4) is 0 Å². The summed E-state index contributed by atoms with van der Waals surface area (Å²) < 4.78 is 41.3. The number of piperazine rings is 1. The number of amides is 2. The second-order valence-electron chi connectivity index (χ2n) is 7.93. The van der Waals surface area contributed by atoms with Crippen molar-refractivity contribution in [2.24, 2.45) is 5.73 Å². The molecule has 0 aliphatic carbocycles. The van der Waals surface area contributed by atoms with E-state index in [2.05, 4.69) is 17.1 Å². The van der Waals surface area contributed by atoms with Gasteiger partial charge >= 0.3 is 6.18 Å². The number of benzene rings is 2. The first kappa shape index (κ1) is 23.7. The fraction of sp³-hybridized carbons (Fsp3) is 0.391. The monoisotopic (exact) mass is 448 g/mol. The Hall–Kier alpha value is -2.91. The summed E-state index contributed by atoms with van der Waals surface area (Å²) in [5.41, 5.74) is 5.68. The third-order valence-corrected chi connectivity index (χ3v) is 5.74. The number of rotatable bonds is 6. The number of anilines is 1. The minimum Gasteiger partial charge on any atom is -0.366 e. The molecule has 0 saturated carbocycles. The molecular formula is C23H27F3N4O2. The molecule has 6 nitrogen and oxygen atoms in total. The summed E-state index contributed by atoms with van der Waals surface area (Å²) in [4.78, 5) is 28.4. The molecule has 2 aromatic rings. The molecule has 32 heavy (non-hydrogen) atoms. The number of halogens is 3. The summed E-state index contributed by atoms with van der Waals surface area (Å²) in [5.74, 6) is -1.35. The minimum atomic E-state index is -4.58. The highest BCUT2D eigenvalue weighted by Gasteiger charge is 2.34. The zero-order valence-electron chi connectivity index (χ0n) is 18.1. The number of alkyl halides is 3. The molecule has 0 unspecified atom stereocenters. The number of hydrogen-bond acceptors (Lipinski definition) is 4. The average Bonchev–Trinajstić information content (AvgIpc) is 2.75. The molecule has 2 aromatic carbocycles. The van der Waals surface area contributed by atoms with Crippen molar-refractivity contribution < 1.29 is 22.8 Å². The number of nitrogens with zero attached hydrogens (tertiary/aromatic N) is 2. The lowest BCUT2D eigenvalue weighted by atomic mass is 10.0. The van der Waals surface area contributed by atoms with Gasteiger partial charge in [-0.3, -0.25) is 14.5 Å². The Kier molecular flexibility index (Phi) is 7.20. The number of carbonyl (C=O) groups is 2. The van der Waals surface area contributed by atoms with E-state index in [1.54, 1.807) is 19.1 Å². The predicted molar refractivity (Wildman–Crippen MR) is 116 cm³/mol. The van der Waals surface area contributed by atoms with Gasteiger partial charge in [0.15, 0.2) is 0 Å². The van der Waals surface area contributed by atoms with E-state index < -0.39 is 23.6 Å². The zero-order chi connectivity index (χ0) is 23.5. The fourth-order valence-corrected chi connectivity index (χ4v) is 3.79. The van der Waals surface area contributed by atoms with Crippen molar-refractivity contribution in [2.45, 2.75) is 26.6 Å². The van der Waals surface area contributed by atoms with Crippen LogP contribution in [0.25, 0.3) is 0 Å². The van der Waals surface area contributed by atoms with Gasteiger partial charge in [-0.2, -0.15) is 13.2 Å². The summed E-state index contributed by atoms with van der Waals surface area (Å²) >= 11 is 0. The number of aryl methyl sites for hydroxylation is 1. The lowest BCUT2D eigenvalue weighted by Crippen LogP contribution is -2.45. The lowest BCUT2D eigenvalue weighted by molar-refractivity contribution is -0.138. The molecule has 0 spiro atoms. The fourth-order valence-electron chi connectivity index (χ4n) is 3.79. The normalized spacial score (nSPS) is 15.5. The van der Waals surface area contributed by atoms with Gasteiger partial charge in [-0.05, 0) is 48.9 Å². The van der Waals surface area contributed by atoms with E-state index in [4.69, 9.17) is 5.73 Å². The number of carbonyl (C=O) groups excluding carboxylic acids is 2. The number of nitrogens with two attached hydrogens (primary N) is 1. The molecule has 3 rings (SSSR count). The summed E-state index contributed by atoms with van der Waals surface area (Å²) in [7, 11) is 0. The third kappa shape index (κ3) is 5.66. The van der Waals surface area contributed by atoms with Crippen molar-refractivity contribution in [2.75, 3.05) is 38.0 Å². The number of primary amides is 1. The van der Waals surface area contributed by atoms with Gasteiger partial charge in [0.2, 0.25) is 5.91 Å². The van der Waals surface area contributed by atoms with Crippen LogP contribution in [0.4, 0.5) is 18.9 Å². The Bertz CT molecular complexity index is 999. The maximum Gasteiger partial charge on any atom is 0.416 e. The van der Waals surface area contributed by atoms with Crippen LogP contribution >= 0.6 is 0 Å². The standard InChI is InChI=1S/C23H27F3N4O2/c1-3-29-8-10-30(11-9-29)14-17-6-5-16(12-20(17)23(24,25)26)22(32)28-18-7-4-15(2)19(13-18)21(27)31/h4-7,12-13H,3,8-11,14H2,1-2H3,(H2,27,31)(H,28,32). The van der Waals surface area contributed by atoms with Gasteiger partial charge in [-0.15, -0.1) is 0 Å². The molecule has 3 N–H and O–H groups in total. The SMILES string of the molecule is CCN1CCN(Cc2ccc(C(=O)Nc3ccc(C)c(C(N)=O)c3)cc2C(F)(F)F)CC1. The summed E-state index contributed by atoms with van der Waals surface area (Å²) in [6.07, 6.45) is -4.58. The molecule has 172 valence electrons. The Balaban J connectivity index is 1.80. The van der Waals surface area contributed by atoms with E-state index >= 15 is 0 Å². The Morgan fingerprint density at radius 3 is 2.28 bits per heavy atom. The maximum absolute atomic E-state index is 13.8. The van der Waals surface area contributed by atoms with Gasteiger partial charge in [0, 0.05) is 49.5 Å². The smallest absolute Gasteiger partial charge is 0.366 e. The number of likely N-dealkylation sites (N-methyl/N-ethyl adjacent to an activating group) is 1. The van der Waals surface area contributed by atoms with E-state index in [0.717, 1.165) is 25.7 Å². The largest absolute Gasteiger partial charge is 0.416 e. The highest BCUT2D eigenvalue weighted by atomic mass is 19.4. The van der Waals surface area contributed by atoms with E-state index in [1.807, 2.05) is 4.90 Å². The highest BCUT2D eigenvalue weighted by molar-refractivity contribution is 6.05. The van der Waals surface area contributed by atoms with Crippen LogP contribution in [0, 0.1) is 6.92 Å². The van der Waals surface area contributed by atoms with E-state index in [9.17, 15) is 22.8 Å². The molecule has 0 bridgehead atoms. The predicted octanol–water partition coefficient (Wildman–Crippen LogP) is 3.50. The van der Waals surface area contributed by atoms with Gasteiger partial charge in [0.1, 0.15) is 0 Å². The van der Waals surface area contributed by atoms with Crippen molar-refractivity contribution in [3.63, 3.8) is 0 Å². The Labute approximate surface area is 185 Å². The van der Waals surface area contributed by atoms with Crippen molar-refractivity contribution in [3.8, 4) is 0 Å². The van der Waals surface area contributed by atoms with Crippen molar-refractivity contribution in [1.82, 2.24) is 9.80 Å². The molecule has 0 radical (unpaired) electrons. The van der Waals surface area contributed by atoms with E-state index in [1.165, 1.54) is 18.2 Å². The zero-order valence-corrected chi connectivity index (χ0v) is 18.1. The van der Waals surface area contributed by atoms with Crippen LogP contribution in [-0.2, 0) is 12.7 Å². The third-order valence-electron chi connectivity index (χ3n) is 5.74. The molecule has 1 aliphatic rings. The van der Waals surface area contributed by atoms with Gasteiger partial charge in [-0.25, -0.2) is 0 Å². The van der Waals surface area contributed by atoms with Crippen LogP contribution in [0.1, 0.15) is 44.3 Å². The highest BCUT2D eigenvalue weighted by Crippen LogP contribution is 2.33. The average molecular weight is 448 g/mol.